The summed E-state index contributed by atoms with van der Waals surface area (Å²) in [5, 5.41) is 8.56. The summed E-state index contributed by atoms with van der Waals surface area (Å²) in [6.07, 6.45) is 0. The Labute approximate surface area is 79.2 Å². The molecule has 4 nitrogen and oxygen atoms in total. The van der Waals surface area contributed by atoms with Crippen LogP contribution in [0.2, 0.25) is 0 Å². The highest BCUT2D eigenvalue weighted by atomic mass is 32.2. The van der Waals surface area contributed by atoms with E-state index >= 15 is 0 Å². The van der Waals surface area contributed by atoms with E-state index in [4.69, 9.17) is 5.26 Å². The molecule has 1 fully saturated rings. The maximum Gasteiger partial charge on any atom is 0.214 e. The van der Waals surface area contributed by atoms with Crippen molar-refractivity contribution in [3.05, 3.63) is 0 Å². The maximum absolute atomic E-state index is 11.4. The van der Waals surface area contributed by atoms with Crippen molar-refractivity contribution in [3.63, 3.8) is 0 Å². The lowest BCUT2D eigenvalue weighted by Gasteiger charge is -2.14. The fraction of sp³-hybridized carbons (Fsp3) is 0.875. The average molecular weight is 202 g/mol. The minimum absolute atomic E-state index is 0.191. The first kappa shape index (κ1) is 10.5. The Kier molecular flexibility index (Phi) is 2.94. The number of hydrogen-bond acceptors (Lipinski definition) is 3. The van der Waals surface area contributed by atoms with E-state index in [1.807, 2.05) is 13.0 Å². The van der Waals surface area contributed by atoms with Crippen LogP contribution in [-0.4, -0.2) is 31.6 Å². The van der Waals surface area contributed by atoms with Gasteiger partial charge in [0.25, 0.3) is 0 Å². The Morgan fingerprint density at radius 1 is 1.69 bits per heavy atom. The molecule has 0 saturated carbocycles. The molecule has 0 N–H and O–H groups in total. The highest BCUT2D eigenvalue weighted by Crippen LogP contribution is 2.19. The molecule has 5 heteroatoms. The van der Waals surface area contributed by atoms with E-state index in [0.29, 0.717) is 13.1 Å². The second-order valence-electron chi connectivity index (χ2n) is 3.73. The Morgan fingerprint density at radius 2 is 2.31 bits per heavy atom. The summed E-state index contributed by atoms with van der Waals surface area (Å²) < 4.78 is 24.3. The number of sulfonamides is 1. The van der Waals surface area contributed by atoms with E-state index in [9.17, 15) is 8.42 Å². The minimum Gasteiger partial charge on any atom is -0.212 e. The second-order valence-corrected chi connectivity index (χ2v) is 5.74. The molecule has 1 rings (SSSR count). The van der Waals surface area contributed by atoms with Gasteiger partial charge in [0.2, 0.25) is 10.0 Å². The molecule has 13 heavy (non-hydrogen) atoms. The fourth-order valence-corrected chi connectivity index (χ4v) is 3.48. The number of nitriles is 1. The largest absolute Gasteiger partial charge is 0.214 e. The lowest BCUT2D eigenvalue weighted by molar-refractivity contribution is 0.387. The zero-order valence-electron chi connectivity index (χ0n) is 7.90. The van der Waals surface area contributed by atoms with Crippen LogP contribution < -0.4 is 0 Å². The first-order chi connectivity index (χ1) is 5.95. The molecule has 0 amide bonds. The zero-order valence-corrected chi connectivity index (χ0v) is 8.71. The summed E-state index contributed by atoms with van der Waals surface area (Å²) in [7, 11) is -3.06. The van der Waals surface area contributed by atoms with Crippen molar-refractivity contribution in [3.8, 4) is 6.07 Å². The maximum atomic E-state index is 11.4. The zero-order chi connectivity index (χ0) is 10.1. The first-order valence-electron chi connectivity index (χ1n) is 4.33. The Bertz CT molecular complexity index is 318. The molecule has 2 unspecified atom stereocenters. The fourth-order valence-electron chi connectivity index (χ4n) is 1.51. The smallest absolute Gasteiger partial charge is 0.212 e. The molecule has 0 spiro atoms. The van der Waals surface area contributed by atoms with Crippen molar-refractivity contribution in [2.24, 2.45) is 11.8 Å². The summed E-state index contributed by atoms with van der Waals surface area (Å²) in [6, 6.07) is 2.04. The standard InChI is InChI=1S/C8H14N2O2S/c1-7(3-9)4-10-5-8(2)6-13(10,11)12/h7-8H,4-6H2,1-2H3. The van der Waals surface area contributed by atoms with Crippen LogP contribution in [0.5, 0.6) is 0 Å². The topological polar surface area (TPSA) is 61.2 Å². The Balaban J connectivity index is 2.67. The van der Waals surface area contributed by atoms with Crippen molar-refractivity contribution in [1.82, 2.24) is 4.31 Å². The van der Waals surface area contributed by atoms with Crippen LogP contribution in [0.3, 0.4) is 0 Å². The summed E-state index contributed by atoms with van der Waals surface area (Å²) >= 11 is 0. The van der Waals surface area contributed by atoms with Crippen molar-refractivity contribution in [1.29, 1.82) is 5.26 Å². The molecule has 0 bridgehead atoms. The number of nitrogens with zero attached hydrogens (tertiary/aromatic N) is 2. The molecular formula is C8H14N2O2S. The summed E-state index contributed by atoms with van der Waals surface area (Å²) in [4.78, 5) is 0. The molecule has 0 aromatic carbocycles. The van der Waals surface area contributed by atoms with Crippen LogP contribution in [0.15, 0.2) is 0 Å². The van der Waals surface area contributed by atoms with E-state index in [2.05, 4.69) is 0 Å². The van der Waals surface area contributed by atoms with Crippen LogP contribution in [0.4, 0.5) is 0 Å². The normalized spacial score (nSPS) is 29.8. The molecule has 0 radical (unpaired) electrons. The minimum atomic E-state index is -3.06. The van der Waals surface area contributed by atoms with Crippen molar-refractivity contribution in [2.75, 3.05) is 18.8 Å². The highest BCUT2D eigenvalue weighted by Gasteiger charge is 2.33. The van der Waals surface area contributed by atoms with Gasteiger partial charge in [-0.1, -0.05) is 6.92 Å². The molecule has 1 aliphatic heterocycles. The van der Waals surface area contributed by atoms with Crippen LogP contribution in [0.25, 0.3) is 0 Å². The summed E-state index contributed by atoms with van der Waals surface area (Å²) in [5.41, 5.74) is 0. The molecule has 1 heterocycles. The van der Waals surface area contributed by atoms with Gasteiger partial charge in [-0.15, -0.1) is 0 Å². The first-order valence-corrected chi connectivity index (χ1v) is 5.94. The highest BCUT2D eigenvalue weighted by molar-refractivity contribution is 7.89. The lowest BCUT2D eigenvalue weighted by atomic mass is 10.2. The van der Waals surface area contributed by atoms with E-state index in [-0.39, 0.29) is 17.6 Å². The third-order valence-corrected chi connectivity index (χ3v) is 4.18. The quantitative estimate of drug-likeness (QED) is 0.652. The molecule has 74 valence electrons. The molecule has 0 aromatic rings. The van der Waals surface area contributed by atoms with Gasteiger partial charge in [-0.25, -0.2) is 12.7 Å². The predicted molar refractivity (Wildman–Crippen MR) is 49.3 cm³/mol. The van der Waals surface area contributed by atoms with Gasteiger partial charge in [0.1, 0.15) is 0 Å². The van der Waals surface area contributed by atoms with E-state index in [1.54, 1.807) is 6.92 Å². The van der Waals surface area contributed by atoms with Crippen molar-refractivity contribution < 1.29 is 8.42 Å². The van der Waals surface area contributed by atoms with Crippen LogP contribution in [-0.2, 0) is 10.0 Å². The molecule has 0 aliphatic carbocycles. The van der Waals surface area contributed by atoms with Gasteiger partial charge >= 0.3 is 0 Å². The number of hydrogen-bond donors (Lipinski definition) is 0. The van der Waals surface area contributed by atoms with E-state index in [1.165, 1.54) is 4.31 Å². The van der Waals surface area contributed by atoms with Crippen LogP contribution in [0, 0.1) is 23.2 Å². The number of rotatable bonds is 2. The lowest BCUT2D eigenvalue weighted by Crippen LogP contribution is -2.30. The van der Waals surface area contributed by atoms with E-state index in [0.717, 1.165) is 0 Å². The SMILES string of the molecule is CC(C#N)CN1CC(C)CS1(=O)=O. The van der Waals surface area contributed by atoms with Gasteiger partial charge in [-0.2, -0.15) is 5.26 Å². The monoisotopic (exact) mass is 202 g/mol. The molecule has 0 aromatic heterocycles. The van der Waals surface area contributed by atoms with Crippen molar-refractivity contribution >= 4 is 10.0 Å². The molecule has 2 atom stereocenters. The van der Waals surface area contributed by atoms with E-state index < -0.39 is 10.0 Å². The van der Waals surface area contributed by atoms with Crippen LogP contribution >= 0.6 is 0 Å². The second kappa shape index (κ2) is 3.64. The van der Waals surface area contributed by atoms with Gasteiger partial charge in [-0.05, 0) is 12.8 Å². The van der Waals surface area contributed by atoms with Gasteiger partial charge in [0.15, 0.2) is 0 Å². The molecular weight excluding hydrogens is 188 g/mol. The summed E-state index contributed by atoms with van der Waals surface area (Å²) in [5.74, 6) is 0.196. The average Bonchev–Trinajstić information content (AvgIpc) is 2.24. The Hall–Kier alpha value is -0.600. The third-order valence-electron chi connectivity index (χ3n) is 2.10. The van der Waals surface area contributed by atoms with Gasteiger partial charge in [0, 0.05) is 13.1 Å². The Morgan fingerprint density at radius 3 is 2.69 bits per heavy atom. The van der Waals surface area contributed by atoms with Crippen molar-refractivity contribution in [2.45, 2.75) is 13.8 Å². The van der Waals surface area contributed by atoms with Gasteiger partial charge in [0.05, 0.1) is 17.7 Å². The van der Waals surface area contributed by atoms with Gasteiger partial charge < -0.3 is 0 Å². The van der Waals surface area contributed by atoms with Gasteiger partial charge in [-0.3, -0.25) is 0 Å². The van der Waals surface area contributed by atoms with Crippen LogP contribution in [0.1, 0.15) is 13.8 Å². The summed E-state index contributed by atoms with van der Waals surface area (Å²) in [6.45, 7) is 4.55. The predicted octanol–water partition coefficient (Wildman–Crippen LogP) is 0.428. The third kappa shape index (κ3) is 2.42. The molecule has 1 saturated heterocycles. The molecule has 1 aliphatic rings.